The van der Waals surface area contributed by atoms with E-state index in [0.717, 1.165) is 12.5 Å². The Morgan fingerprint density at radius 3 is 1.88 bits per heavy atom. The summed E-state index contributed by atoms with van der Waals surface area (Å²) in [4.78, 5) is 0. The highest BCUT2D eigenvalue weighted by atomic mass is 14.9. The molecule has 0 aromatic rings. The minimum absolute atomic E-state index is 0.482. The number of rotatable bonds is 7. The molecule has 0 saturated heterocycles. The number of allylic oxidation sites excluding steroid dienone is 1. The highest BCUT2D eigenvalue weighted by molar-refractivity contribution is 5.02. The van der Waals surface area contributed by atoms with Crippen LogP contribution in [0.2, 0.25) is 0 Å². The van der Waals surface area contributed by atoms with E-state index in [9.17, 15) is 0 Å². The van der Waals surface area contributed by atoms with E-state index in [0.29, 0.717) is 12.0 Å². The molecule has 17 heavy (non-hydrogen) atoms. The standard InChI is InChI=1S/C13H27N.C3H6/c1-7-12(8-2)9-14-13(10(3)4)11(5)6;1-3-2/h11-14H,3,7-9H2,1-2,4-6H3;3H,1H2,2H3. The molecular formula is C16H33N. The third kappa shape index (κ3) is 10.3. The third-order valence-electron chi connectivity index (χ3n) is 2.98. The van der Waals surface area contributed by atoms with Crippen molar-refractivity contribution in [2.45, 2.75) is 60.4 Å². The zero-order chi connectivity index (χ0) is 13.8. The van der Waals surface area contributed by atoms with E-state index in [1.807, 2.05) is 6.92 Å². The van der Waals surface area contributed by atoms with Crippen LogP contribution in [0.25, 0.3) is 0 Å². The highest BCUT2D eigenvalue weighted by Gasteiger charge is 2.14. The van der Waals surface area contributed by atoms with E-state index in [4.69, 9.17) is 0 Å². The average molecular weight is 239 g/mol. The van der Waals surface area contributed by atoms with Crippen molar-refractivity contribution >= 4 is 0 Å². The van der Waals surface area contributed by atoms with Gasteiger partial charge in [-0.25, -0.2) is 0 Å². The van der Waals surface area contributed by atoms with Crippen molar-refractivity contribution in [3.05, 3.63) is 24.8 Å². The van der Waals surface area contributed by atoms with Crippen molar-refractivity contribution in [1.29, 1.82) is 0 Å². The van der Waals surface area contributed by atoms with Gasteiger partial charge in [0.1, 0.15) is 0 Å². The number of hydrogen-bond acceptors (Lipinski definition) is 1. The lowest BCUT2D eigenvalue weighted by molar-refractivity contribution is 0.381. The van der Waals surface area contributed by atoms with Gasteiger partial charge in [0.05, 0.1) is 0 Å². The topological polar surface area (TPSA) is 12.0 Å². The SMILES string of the molecule is C=C(C)C(NCC(CC)CC)C(C)C.C=CC. The molecule has 0 rings (SSSR count). The van der Waals surface area contributed by atoms with Crippen LogP contribution in [0.15, 0.2) is 24.8 Å². The maximum Gasteiger partial charge on any atom is 0.0297 e. The first-order chi connectivity index (χ1) is 7.94. The molecule has 1 atom stereocenters. The van der Waals surface area contributed by atoms with Crippen LogP contribution in [-0.2, 0) is 0 Å². The van der Waals surface area contributed by atoms with Gasteiger partial charge >= 0.3 is 0 Å². The molecule has 0 heterocycles. The molecule has 0 bridgehead atoms. The Balaban J connectivity index is 0. The average Bonchev–Trinajstić information content (AvgIpc) is 2.24. The Labute approximate surface area is 109 Å². The van der Waals surface area contributed by atoms with Crippen molar-refractivity contribution in [2.24, 2.45) is 11.8 Å². The smallest absolute Gasteiger partial charge is 0.0297 e. The van der Waals surface area contributed by atoms with Crippen molar-refractivity contribution in [3.8, 4) is 0 Å². The highest BCUT2D eigenvalue weighted by Crippen LogP contribution is 2.12. The molecule has 0 fully saturated rings. The predicted molar refractivity (Wildman–Crippen MR) is 81.4 cm³/mol. The largest absolute Gasteiger partial charge is 0.310 e. The Bertz CT molecular complexity index is 190. The minimum atomic E-state index is 0.482. The first-order valence-corrected chi connectivity index (χ1v) is 6.90. The molecule has 0 aliphatic rings. The minimum Gasteiger partial charge on any atom is -0.310 e. The van der Waals surface area contributed by atoms with Crippen LogP contribution in [0.1, 0.15) is 54.4 Å². The number of nitrogens with one attached hydrogen (secondary N) is 1. The lowest BCUT2D eigenvalue weighted by atomic mass is 9.96. The van der Waals surface area contributed by atoms with E-state index in [-0.39, 0.29) is 0 Å². The summed E-state index contributed by atoms with van der Waals surface area (Å²) in [6, 6.07) is 0.482. The van der Waals surface area contributed by atoms with Crippen molar-refractivity contribution in [2.75, 3.05) is 6.54 Å². The molecule has 0 aromatic heterocycles. The maximum atomic E-state index is 4.04. The number of hydrogen-bond donors (Lipinski definition) is 1. The van der Waals surface area contributed by atoms with Crippen LogP contribution in [-0.4, -0.2) is 12.6 Å². The molecular weight excluding hydrogens is 206 g/mol. The second-order valence-electron chi connectivity index (χ2n) is 5.07. The van der Waals surface area contributed by atoms with Crippen LogP contribution in [0.4, 0.5) is 0 Å². The fourth-order valence-electron chi connectivity index (χ4n) is 1.85. The molecule has 1 N–H and O–H groups in total. The summed E-state index contributed by atoms with van der Waals surface area (Å²) in [6.45, 7) is 21.6. The summed E-state index contributed by atoms with van der Waals surface area (Å²) >= 11 is 0. The molecule has 1 nitrogen and oxygen atoms in total. The van der Waals surface area contributed by atoms with Crippen LogP contribution in [0.3, 0.4) is 0 Å². The second-order valence-corrected chi connectivity index (χ2v) is 5.07. The van der Waals surface area contributed by atoms with E-state index in [1.54, 1.807) is 6.08 Å². The Kier molecular flexibility index (Phi) is 13.2. The summed E-state index contributed by atoms with van der Waals surface area (Å²) in [5.74, 6) is 1.46. The van der Waals surface area contributed by atoms with Crippen molar-refractivity contribution in [1.82, 2.24) is 5.32 Å². The van der Waals surface area contributed by atoms with Crippen LogP contribution < -0.4 is 5.32 Å². The van der Waals surface area contributed by atoms with Crippen molar-refractivity contribution in [3.63, 3.8) is 0 Å². The molecule has 0 aliphatic heterocycles. The lowest BCUT2D eigenvalue weighted by Gasteiger charge is -2.25. The second kappa shape index (κ2) is 11.9. The zero-order valence-corrected chi connectivity index (χ0v) is 12.8. The van der Waals surface area contributed by atoms with E-state index >= 15 is 0 Å². The van der Waals surface area contributed by atoms with Gasteiger partial charge in [-0.15, -0.1) is 6.58 Å². The van der Waals surface area contributed by atoms with Crippen LogP contribution >= 0.6 is 0 Å². The molecule has 1 unspecified atom stereocenters. The molecule has 0 spiro atoms. The van der Waals surface area contributed by atoms with Gasteiger partial charge in [-0.3, -0.25) is 0 Å². The summed E-state index contributed by atoms with van der Waals surface area (Å²) < 4.78 is 0. The van der Waals surface area contributed by atoms with Gasteiger partial charge in [0.25, 0.3) is 0 Å². The van der Waals surface area contributed by atoms with Gasteiger partial charge in [-0.2, -0.15) is 0 Å². The summed E-state index contributed by atoms with van der Waals surface area (Å²) in [7, 11) is 0. The monoisotopic (exact) mass is 239 g/mol. The molecule has 0 saturated carbocycles. The van der Waals surface area contributed by atoms with E-state index < -0.39 is 0 Å². The molecule has 0 aromatic carbocycles. The summed E-state index contributed by atoms with van der Waals surface area (Å²) in [6.07, 6.45) is 4.29. The van der Waals surface area contributed by atoms with Gasteiger partial charge in [0, 0.05) is 6.04 Å². The fourth-order valence-corrected chi connectivity index (χ4v) is 1.85. The first kappa shape index (κ1) is 18.8. The predicted octanol–water partition coefficient (Wildman–Crippen LogP) is 4.81. The normalized spacial score (nSPS) is 12.0. The lowest BCUT2D eigenvalue weighted by Crippen LogP contribution is -2.37. The van der Waals surface area contributed by atoms with Gasteiger partial charge in [0.2, 0.25) is 0 Å². The molecule has 102 valence electrons. The zero-order valence-electron chi connectivity index (χ0n) is 12.8. The van der Waals surface area contributed by atoms with Gasteiger partial charge in [0.15, 0.2) is 0 Å². The van der Waals surface area contributed by atoms with Crippen LogP contribution in [0, 0.1) is 11.8 Å². The molecule has 0 radical (unpaired) electrons. The molecule has 1 heteroatoms. The van der Waals surface area contributed by atoms with Gasteiger partial charge in [-0.05, 0) is 32.2 Å². The third-order valence-corrected chi connectivity index (χ3v) is 2.98. The van der Waals surface area contributed by atoms with Crippen molar-refractivity contribution < 1.29 is 0 Å². The molecule has 0 amide bonds. The van der Waals surface area contributed by atoms with Gasteiger partial charge in [-0.1, -0.05) is 58.8 Å². The van der Waals surface area contributed by atoms with Gasteiger partial charge < -0.3 is 5.32 Å². The quantitative estimate of drug-likeness (QED) is 0.629. The van der Waals surface area contributed by atoms with E-state index in [1.165, 1.54) is 18.4 Å². The maximum absolute atomic E-state index is 4.04. The Hall–Kier alpha value is -0.560. The van der Waals surface area contributed by atoms with Crippen LogP contribution in [0.5, 0.6) is 0 Å². The Morgan fingerprint density at radius 1 is 1.24 bits per heavy atom. The summed E-state index contributed by atoms with van der Waals surface area (Å²) in [5, 5.41) is 3.62. The fraction of sp³-hybridized carbons (Fsp3) is 0.750. The Morgan fingerprint density at radius 2 is 1.65 bits per heavy atom. The first-order valence-electron chi connectivity index (χ1n) is 6.90. The van der Waals surface area contributed by atoms with E-state index in [2.05, 4.69) is 53.1 Å². The summed E-state index contributed by atoms with van der Waals surface area (Å²) in [5.41, 5.74) is 1.26. The molecule has 0 aliphatic carbocycles.